The molecule has 0 N–H and O–H groups in total. The minimum Gasteiger partial charge on any atom is -0.496 e. The van der Waals surface area contributed by atoms with Crippen LogP contribution < -0.4 is 4.74 Å². The zero-order chi connectivity index (χ0) is 19.3. The van der Waals surface area contributed by atoms with Crippen molar-refractivity contribution < 1.29 is 9.47 Å². The van der Waals surface area contributed by atoms with Gasteiger partial charge in [-0.05, 0) is 18.6 Å². The van der Waals surface area contributed by atoms with E-state index in [-0.39, 0.29) is 0 Å². The summed E-state index contributed by atoms with van der Waals surface area (Å²) in [6.45, 7) is 8.14. The Morgan fingerprint density at radius 1 is 1.14 bits per heavy atom. The lowest BCUT2D eigenvalue weighted by atomic mass is 10.0. The minimum atomic E-state index is 0.507. The van der Waals surface area contributed by atoms with Crippen molar-refractivity contribution in [2.45, 2.75) is 38.4 Å². The molecule has 1 aromatic carbocycles. The Labute approximate surface area is 167 Å². The largest absolute Gasteiger partial charge is 0.496 e. The molecule has 0 spiro atoms. The number of fused-ring (bicyclic) bond motifs is 1. The average molecular weight is 383 g/mol. The van der Waals surface area contributed by atoms with Gasteiger partial charge in [-0.25, -0.2) is 9.97 Å². The molecule has 0 radical (unpaired) electrons. The zero-order valence-corrected chi connectivity index (χ0v) is 16.9. The number of morpholine rings is 1. The summed E-state index contributed by atoms with van der Waals surface area (Å²) in [6.07, 6.45) is 6.34. The maximum atomic E-state index is 5.88. The van der Waals surface area contributed by atoms with Gasteiger partial charge >= 0.3 is 0 Å². The zero-order valence-electron chi connectivity index (χ0n) is 16.9. The van der Waals surface area contributed by atoms with E-state index in [1.54, 1.807) is 7.11 Å². The van der Waals surface area contributed by atoms with Crippen LogP contribution in [0.2, 0.25) is 0 Å². The van der Waals surface area contributed by atoms with E-state index < -0.39 is 0 Å². The van der Waals surface area contributed by atoms with Gasteiger partial charge in [-0.2, -0.15) is 0 Å². The molecule has 150 valence electrons. The standard InChI is InChI=1S/C22H30N4O2/c1-3-6-18-15-28-16-19-14-25(9-10-26(18)19)13-17-11-23-22(24-12-17)20-7-4-5-8-21(20)27-2/h4-5,7-8,11-12,18-19H,3,6,9-10,13-16H2,1-2H3/t18-,19+/m0/s1. The van der Waals surface area contributed by atoms with Crippen molar-refractivity contribution in [1.29, 1.82) is 0 Å². The van der Waals surface area contributed by atoms with Crippen molar-refractivity contribution in [3.05, 3.63) is 42.2 Å². The predicted octanol–water partition coefficient (Wildman–Crippen LogP) is 2.84. The summed E-state index contributed by atoms with van der Waals surface area (Å²) in [5.74, 6) is 1.50. The molecular formula is C22H30N4O2. The van der Waals surface area contributed by atoms with E-state index in [4.69, 9.17) is 9.47 Å². The number of benzene rings is 1. The molecule has 0 amide bonds. The Morgan fingerprint density at radius 3 is 2.75 bits per heavy atom. The summed E-state index contributed by atoms with van der Waals surface area (Å²) < 4.78 is 11.3. The molecule has 6 nitrogen and oxygen atoms in total. The van der Waals surface area contributed by atoms with Crippen molar-refractivity contribution >= 4 is 0 Å². The Bertz CT molecular complexity index is 765. The fraction of sp³-hybridized carbons (Fsp3) is 0.545. The van der Waals surface area contributed by atoms with E-state index in [2.05, 4.69) is 26.7 Å². The van der Waals surface area contributed by atoms with E-state index in [0.29, 0.717) is 17.9 Å². The van der Waals surface area contributed by atoms with Crippen molar-refractivity contribution in [3.63, 3.8) is 0 Å². The SMILES string of the molecule is CCC[C@H]1COC[C@H]2CN(Cc3cnc(-c4ccccc4OC)nc3)CCN12. The Balaban J connectivity index is 1.39. The number of hydrogen-bond donors (Lipinski definition) is 0. The van der Waals surface area contributed by atoms with Crippen LogP contribution >= 0.6 is 0 Å². The number of ether oxygens (including phenoxy) is 2. The van der Waals surface area contributed by atoms with E-state index >= 15 is 0 Å². The van der Waals surface area contributed by atoms with Crippen LogP contribution in [-0.4, -0.2) is 71.8 Å². The van der Waals surface area contributed by atoms with E-state index in [0.717, 1.165) is 56.3 Å². The molecule has 6 heteroatoms. The van der Waals surface area contributed by atoms with Gasteiger partial charge < -0.3 is 9.47 Å². The lowest BCUT2D eigenvalue weighted by Crippen LogP contribution is -2.61. The second-order valence-corrected chi connectivity index (χ2v) is 7.72. The number of para-hydroxylation sites is 1. The van der Waals surface area contributed by atoms with E-state index in [9.17, 15) is 0 Å². The third kappa shape index (κ3) is 4.19. The molecule has 2 aromatic rings. The topological polar surface area (TPSA) is 50.7 Å². The van der Waals surface area contributed by atoms with Gasteiger partial charge in [-0.1, -0.05) is 25.5 Å². The first-order chi connectivity index (χ1) is 13.8. The molecule has 2 atom stereocenters. The molecule has 0 saturated carbocycles. The number of nitrogens with zero attached hydrogens (tertiary/aromatic N) is 4. The fourth-order valence-electron chi connectivity index (χ4n) is 4.39. The number of piperazine rings is 1. The van der Waals surface area contributed by atoms with Gasteiger partial charge in [-0.3, -0.25) is 9.80 Å². The van der Waals surface area contributed by atoms with Crippen LogP contribution in [-0.2, 0) is 11.3 Å². The lowest BCUT2D eigenvalue weighted by molar-refractivity contribution is -0.0840. The molecule has 2 fully saturated rings. The molecule has 28 heavy (non-hydrogen) atoms. The first-order valence-electron chi connectivity index (χ1n) is 10.3. The summed E-state index contributed by atoms with van der Waals surface area (Å²) in [5, 5.41) is 0. The quantitative estimate of drug-likeness (QED) is 0.766. The second kappa shape index (κ2) is 8.99. The molecule has 2 saturated heterocycles. The first-order valence-corrected chi connectivity index (χ1v) is 10.3. The summed E-state index contributed by atoms with van der Waals surface area (Å²) in [5.41, 5.74) is 2.07. The van der Waals surface area contributed by atoms with Crippen LogP contribution in [0.3, 0.4) is 0 Å². The fourth-order valence-corrected chi connectivity index (χ4v) is 4.39. The van der Waals surface area contributed by atoms with Crippen molar-refractivity contribution in [2.75, 3.05) is 40.0 Å². The van der Waals surface area contributed by atoms with Crippen molar-refractivity contribution in [2.24, 2.45) is 0 Å². The van der Waals surface area contributed by atoms with Gasteiger partial charge in [0.25, 0.3) is 0 Å². The summed E-state index contributed by atoms with van der Waals surface area (Å²) in [7, 11) is 1.67. The molecular weight excluding hydrogens is 352 g/mol. The second-order valence-electron chi connectivity index (χ2n) is 7.72. The van der Waals surface area contributed by atoms with Crippen LogP contribution in [0.4, 0.5) is 0 Å². The highest BCUT2D eigenvalue weighted by Gasteiger charge is 2.35. The highest BCUT2D eigenvalue weighted by atomic mass is 16.5. The number of hydrogen-bond acceptors (Lipinski definition) is 6. The van der Waals surface area contributed by atoms with Crippen molar-refractivity contribution in [3.8, 4) is 17.1 Å². The smallest absolute Gasteiger partial charge is 0.162 e. The third-order valence-corrected chi connectivity index (χ3v) is 5.78. The maximum Gasteiger partial charge on any atom is 0.162 e. The summed E-state index contributed by atoms with van der Waals surface area (Å²) >= 11 is 0. The van der Waals surface area contributed by atoms with Crippen LogP contribution in [0.15, 0.2) is 36.7 Å². The Kier molecular flexibility index (Phi) is 6.20. The van der Waals surface area contributed by atoms with Crippen LogP contribution in [0.1, 0.15) is 25.3 Å². The molecule has 4 rings (SSSR count). The van der Waals surface area contributed by atoms with Crippen LogP contribution in [0.5, 0.6) is 5.75 Å². The van der Waals surface area contributed by atoms with Gasteiger partial charge in [0.1, 0.15) is 5.75 Å². The molecule has 0 aliphatic carbocycles. The predicted molar refractivity (Wildman–Crippen MR) is 109 cm³/mol. The van der Waals surface area contributed by atoms with Crippen LogP contribution in [0, 0.1) is 0 Å². The van der Waals surface area contributed by atoms with Crippen LogP contribution in [0.25, 0.3) is 11.4 Å². The molecule has 1 aromatic heterocycles. The van der Waals surface area contributed by atoms with Gasteiger partial charge in [0.15, 0.2) is 5.82 Å². The summed E-state index contributed by atoms with van der Waals surface area (Å²) in [4.78, 5) is 14.3. The number of rotatable bonds is 6. The Morgan fingerprint density at radius 2 is 1.96 bits per heavy atom. The third-order valence-electron chi connectivity index (χ3n) is 5.78. The summed E-state index contributed by atoms with van der Waals surface area (Å²) in [6, 6.07) is 8.96. The van der Waals surface area contributed by atoms with E-state index in [1.165, 1.54) is 12.8 Å². The molecule has 3 heterocycles. The highest BCUT2D eigenvalue weighted by molar-refractivity contribution is 5.63. The van der Waals surface area contributed by atoms with Gasteiger partial charge in [0, 0.05) is 56.2 Å². The van der Waals surface area contributed by atoms with E-state index in [1.807, 2.05) is 36.7 Å². The maximum absolute atomic E-state index is 5.88. The van der Waals surface area contributed by atoms with Crippen molar-refractivity contribution in [1.82, 2.24) is 19.8 Å². The normalized spacial score (nSPS) is 23.4. The monoisotopic (exact) mass is 382 g/mol. The molecule has 0 bridgehead atoms. The van der Waals surface area contributed by atoms with Gasteiger partial charge in [-0.15, -0.1) is 0 Å². The average Bonchev–Trinajstić information content (AvgIpc) is 2.74. The molecule has 2 aliphatic rings. The highest BCUT2D eigenvalue weighted by Crippen LogP contribution is 2.27. The van der Waals surface area contributed by atoms with Gasteiger partial charge in [0.05, 0.1) is 25.9 Å². The minimum absolute atomic E-state index is 0.507. The van der Waals surface area contributed by atoms with Gasteiger partial charge in [0.2, 0.25) is 0 Å². The first kappa shape index (κ1) is 19.3. The lowest BCUT2D eigenvalue weighted by Gasteiger charge is -2.48. The number of methoxy groups -OCH3 is 1. The molecule has 2 aliphatic heterocycles. The Hall–Kier alpha value is -2.02. The molecule has 0 unspecified atom stereocenters. The number of aromatic nitrogens is 2.